The van der Waals surface area contributed by atoms with Gasteiger partial charge in [-0.15, -0.1) is 0 Å². The lowest BCUT2D eigenvalue weighted by molar-refractivity contribution is 0.0927. The van der Waals surface area contributed by atoms with Gasteiger partial charge in [-0.1, -0.05) is 24.2 Å². The van der Waals surface area contributed by atoms with Crippen LogP contribution in [0.25, 0.3) is 11.1 Å². The normalized spacial score (nSPS) is 11.9. The molecule has 0 radical (unpaired) electrons. The number of aromatic nitrogens is 3. The van der Waals surface area contributed by atoms with E-state index in [1.54, 1.807) is 19.1 Å². The van der Waals surface area contributed by atoms with Gasteiger partial charge in [-0.3, -0.25) is 4.79 Å². The molecule has 1 atom stereocenters. The van der Waals surface area contributed by atoms with Crippen molar-refractivity contribution >= 4 is 11.7 Å². The van der Waals surface area contributed by atoms with Crippen molar-refractivity contribution in [3.8, 4) is 11.1 Å². The van der Waals surface area contributed by atoms with Gasteiger partial charge in [0, 0.05) is 31.4 Å². The van der Waals surface area contributed by atoms with Gasteiger partial charge in [-0.2, -0.15) is 4.98 Å². The molecule has 7 nitrogen and oxygen atoms in total. The Morgan fingerprint density at radius 2 is 1.85 bits per heavy atom. The maximum Gasteiger partial charge on any atom is 0.251 e. The van der Waals surface area contributed by atoms with Gasteiger partial charge in [0.1, 0.15) is 11.9 Å². The summed E-state index contributed by atoms with van der Waals surface area (Å²) in [5.41, 5.74) is 2.58. The third kappa shape index (κ3) is 4.31. The summed E-state index contributed by atoms with van der Waals surface area (Å²) >= 11 is 0. The first-order valence-corrected chi connectivity index (χ1v) is 8.82. The Kier molecular flexibility index (Phi) is 5.49. The van der Waals surface area contributed by atoms with Gasteiger partial charge < -0.3 is 14.7 Å². The van der Waals surface area contributed by atoms with Crippen LogP contribution in [0.3, 0.4) is 0 Å². The van der Waals surface area contributed by atoms with Crippen molar-refractivity contribution in [3.63, 3.8) is 0 Å². The molecule has 140 valence electrons. The molecule has 1 amide bonds. The van der Waals surface area contributed by atoms with Crippen molar-refractivity contribution in [2.75, 3.05) is 19.0 Å². The summed E-state index contributed by atoms with van der Waals surface area (Å²) in [6, 6.07) is 11.1. The number of carbonyl (C=O) groups excluding carboxylic acids is 1. The molecule has 0 bridgehead atoms. The number of nitrogens with zero attached hydrogens (tertiary/aromatic N) is 4. The average molecular weight is 365 g/mol. The summed E-state index contributed by atoms with van der Waals surface area (Å²) in [7, 11) is 3.91. The van der Waals surface area contributed by atoms with E-state index in [4.69, 9.17) is 4.52 Å². The first-order chi connectivity index (χ1) is 13.0. The smallest absolute Gasteiger partial charge is 0.251 e. The van der Waals surface area contributed by atoms with Crippen molar-refractivity contribution in [1.29, 1.82) is 0 Å². The zero-order valence-electron chi connectivity index (χ0n) is 15.9. The predicted octanol–water partition coefficient (Wildman–Crippen LogP) is 3.39. The largest absolute Gasteiger partial charge is 0.363 e. The summed E-state index contributed by atoms with van der Waals surface area (Å²) < 4.78 is 5.17. The van der Waals surface area contributed by atoms with Crippen LogP contribution in [0.1, 0.15) is 41.5 Å². The number of rotatable bonds is 6. The fourth-order valence-corrected chi connectivity index (χ4v) is 2.67. The molecule has 7 heteroatoms. The number of hydrogen-bond donors (Lipinski definition) is 1. The van der Waals surface area contributed by atoms with Crippen LogP contribution in [0.5, 0.6) is 0 Å². The molecule has 0 saturated heterocycles. The minimum absolute atomic E-state index is 0.176. The van der Waals surface area contributed by atoms with E-state index in [0.29, 0.717) is 23.7 Å². The van der Waals surface area contributed by atoms with Gasteiger partial charge in [-0.05, 0) is 43.2 Å². The molecule has 0 saturated carbocycles. The zero-order chi connectivity index (χ0) is 19.4. The van der Waals surface area contributed by atoms with E-state index in [1.807, 2.05) is 56.4 Å². The highest BCUT2D eigenvalue weighted by atomic mass is 16.5. The number of nitrogens with one attached hydrogen (secondary N) is 1. The second kappa shape index (κ2) is 7.99. The Balaban J connectivity index is 1.71. The molecule has 1 N–H and O–H groups in total. The van der Waals surface area contributed by atoms with E-state index in [2.05, 4.69) is 20.4 Å². The van der Waals surface area contributed by atoms with Crippen LogP contribution in [-0.2, 0) is 0 Å². The third-order valence-corrected chi connectivity index (χ3v) is 4.24. The van der Waals surface area contributed by atoms with Crippen molar-refractivity contribution in [2.24, 2.45) is 0 Å². The van der Waals surface area contributed by atoms with Crippen molar-refractivity contribution in [3.05, 3.63) is 59.9 Å². The highest BCUT2D eigenvalue weighted by Crippen LogP contribution is 2.21. The summed E-state index contributed by atoms with van der Waals surface area (Å²) in [5, 5.41) is 6.72. The lowest BCUT2D eigenvalue weighted by atomic mass is 10.0. The molecule has 3 aromatic rings. The molecule has 0 aliphatic rings. The van der Waals surface area contributed by atoms with E-state index in [-0.39, 0.29) is 11.9 Å². The minimum atomic E-state index is -0.304. The van der Waals surface area contributed by atoms with Crippen LogP contribution in [-0.4, -0.2) is 35.1 Å². The van der Waals surface area contributed by atoms with Crippen LogP contribution < -0.4 is 10.2 Å². The first-order valence-electron chi connectivity index (χ1n) is 8.82. The average Bonchev–Trinajstić information content (AvgIpc) is 3.12. The topological polar surface area (TPSA) is 84.2 Å². The van der Waals surface area contributed by atoms with Crippen molar-refractivity contribution in [2.45, 2.75) is 26.3 Å². The molecule has 0 aliphatic carbocycles. The molecule has 27 heavy (non-hydrogen) atoms. The van der Waals surface area contributed by atoms with Gasteiger partial charge in [0.05, 0.1) is 0 Å². The summed E-state index contributed by atoms with van der Waals surface area (Å²) in [6.45, 7) is 3.71. The van der Waals surface area contributed by atoms with E-state index >= 15 is 0 Å². The van der Waals surface area contributed by atoms with Crippen LogP contribution in [0.15, 0.2) is 47.1 Å². The number of hydrogen-bond acceptors (Lipinski definition) is 6. The van der Waals surface area contributed by atoms with Crippen LogP contribution in [0, 0.1) is 6.92 Å². The number of aryl methyl sites for hydroxylation is 1. The van der Waals surface area contributed by atoms with Crippen LogP contribution >= 0.6 is 0 Å². The Labute approximate surface area is 158 Å². The molecule has 1 aromatic carbocycles. The number of pyridine rings is 1. The van der Waals surface area contributed by atoms with Crippen molar-refractivity contribution in [1.82, 2.24) is 20.4 Å². The standard InChI is InChI=1S/C20H23N5O2/c1-5-17(20-22-13(2)24-27-20)23-19(26)15-8-6-14(7-9-15)16-10-11-18(21-12-16)25(3)4/h6-12,17H,5H2,1-4H3,(H,23,26). The van der Waals surface area contributed by atoms with Gasteiger partial charge in [0.2, 0.25) is 5.89 Å². The zero-order valence-corrected chi connectivity index (χ0v) is 15.9. The fourth-order valence-electron chi connectivity index (χ4n) is 2.67. The molecule has 1 unspecified atom stereocenters. The second-order valence-corrected chi connectivity index (χ2v) is 6.49. The molecule has 0 aliphatic heterocycles. The third-order valence-electron chi connectivity index (χ3n) is 4.24. The van der Waals surface area contributed by atoms with Gasteiger partial charge in [-0.25, -0.2) is 4.98 Å². The monoisotopic (exact) mass is 365 g/mol. The number of carbonyl (C=O) groups is 1. The Hall–Kier alpha value is -3.22. The molecule has 0 spiro atoms. The number of amides is 1. The van der Waals surface area contributed by atoms with E-state index in [1.165, 1.54) is 0 Å². The van der Waals surface area contributed by atoms with Gasteiger partial charge in [0.25, 0.3) is 5.91 Å². The van der Waals surface area contributed by atoms with Gasteiger partial charge in [0.15, 0.2) is 5.82 Å². The maximum atomic E-state index is 12.5. The Morgan fingerprint density at radius 1 is 1.15 bits per heavy atom. The molecule has 2 aromatic heterocycles. The van der Waals surface area contributed by atoms with Crippen LogP contribution in [0.4, 0.5) is 5.82 Å². The maximum absolute atomic E-state index is 12.5. The van der Waals surface area contributed by atoms with Gasteiger partial charge >= 0.3 is 0 Å². The van der Waals surface area contributed by atoms with Crippen LogP contribution in [0.2, 0.25) is 0 Å². The first kappa shape index (κ1) is 18.6. The second-order valence-electron chi connectivity index (χ2n) is 6.49. The predicted molar refractivity (Wildman–Crippen MR) is 104 cm³/mol. The molecular weight excluding hydrogens is 342 g/mol. The van der Waals surface area contributed by atoms with Crippen molar-refractivity contribution < 1.29 is 9.32 Å². The summed E-state index contributed by atoms with van der Waals surface area (Å²) in [6.07, 6.45) is 2.49. The van der Waals surface area contributed by atoms with E-state index in [9.17, 15) is 4.79 Å². The van der Waals surface area contributed by atoms with E-state index < -0.39 is 0 Å². The highest BCUT2D eigenvalue weighted by Gasteiger charge is 2.19. The lowest BCUT2D eigenvalue weighted by Crippen LogP contribution is -2.28. The SMILES string of the molecule is CCC(NC(=O)c1ccc(-c2ccc(N(C)C)nc2)cc1)c1nc(C)no1. The molecular formula is C20H23N5O2. The van der Waals surface area contributed by atoms with E-state index in [0.717, 1.165) is 16.9 Å². The molecule has 0 fully saturated rings. The highest BCUT2D eigenvalue weighted by molar-refractivity contribution is 5.94. The quantitative estimate of drug-likeness (QED) is 0.721. The summed E-state index contributed by atoms with van der Waals surface area (Å²) in [4.78, 5) is 23.1. The lowest BCUT2D eigenvalue weighted by Gasteiger charge is -2.13. The number of anilines is 1. The Morgan fingerprint density at radius 3 is 2.37 bits per heavy atom. The fraction of sp³-hybridized carbons (Fsp3) is 0.300. The molecule has 2 heterocycles. The Bertz CT molecular complexity index is 901. The minimum Gasteiger partial charge on any atom is -0.363 e. The number of benzene rings is 1. The molecule has 3 rings (SSSR count). The summed E-state index contributed by atoms with van der Waals surface area (Å²) in [5.74, 6) is 1.70.